The number of hydrogen-bond acceptors (Lipinski definition) is 3. The van der Waals surface area contributed by atoms with Gasteiger partial charge in [-0.3, -0.25) is 4.79 Å². The number of carbonyl (C=O) groups is 1. The van der Waals surface area contributed by atoms with Crippen LogP contribution >= 0.6 is 0 Å². The molecule has 2 aromatic carbocycles. The average Bonchev–Trinajstić information content (AvgIpc) is 3.17. The summed E-state index contributed by atoms with van der Waals surface area (Å²) in [5.74, 6) is 0.217. The van der Waals surface area contributed by atoms with Crippen molar-refractivity contribution in [1.29, 1.82) is 0 Å². The third kappa shape index (κ3) is 3.69. The summed E-state index contributed by atoms with van der Waals surface area (Å²) in [4.78, 5) is 21.7. The van der Waals surface area contributed by atoms with E-state index in [0.29, 0.717) is 6.54 Å². The number of anilines is 1. The van der Waals surface area contributed by atoms with Gasteiger partial charge in [0.2, 0.25) is 5.91 Å². The molecule has 0 atom stereocenters. The quantitative estimate of drug-likeness (QED) is 0.776. The van der Waals surface area contributed by atoms with Crippen LogP contribution in [0.3, 0.4) is 0 Å². The third-order valence-electron chi connectivity index (χ3n) is 5.22. The number of benzene rings is 2. The Labute approximate surface area is 160 Å². The molecule has 4 rings (SSSR count). The summed E-state index contributed by atoms with van der Waals surface area (Å²) in [6.07, 6.45) is 1.99. The largest absolute Gasteiger partial charge is 0.368 e. The van der Waals surface area contributed by atoms with Crippen molar-refractivity contribution in [2.75, 3.05) is 51.7 Å². The number of nitrogens with zero attached hydrogens (tertiary/aromatic N) is 3. The van der Waals surface area contributed by atoms with Gasteiger partial charge in [0.25, 0.3) is 0 Å². The van der Waals surface area contributed by atoms with Crippen LogP contribution < -0.4 is 4.90 Å². The fourth-order valence-corrected chi connectivity index (χ4v) is 3.77. The zero-order valence-corrected chi connectivity index (χ0v) is 16.0. The highest BCUT2D eigenvalue weighted by Crippen LogP contribution is 2.29. The van der Waals surface area contributed by atoms with Crippen molar-refractivity contribution in [3.63, 3.8) is 0 Å². The van der Waals surface area contributed by atoms with Crippen LogP contribution in [0.5, 0.6) is 0 Å². The SMILES string of the molecule is CN(C)CC(=O)N1CCN(c2ccc(-c3cccc4[nH]ccc34)cc2)CC1. The molecule has 0 aliphatic carbocycles. The molecular formula is C22H26N4O. The van der Waals surface area contributed by atoms with Gasteiger partial charge < -0.3 is 19.7 Å². The number of piperazine rings is 1. The number of fused-ring (bicyclic) bond motifs is 1. The number of nitrogens with one attached hydrogen (secondary N) is 1. The molecule has 1 aromatic heterocycles. The van der Waals surface area contributed by atoms with Gasteiger partial charge in [0.15, 0.2) is 0 Å². The maximum Gasteiger partial charge on any atom is 0.236 e. The lowest BCUT2D eigenvalue weighted by molar-refractivity contribution is -0.132. The maximum atomic E-state index is 12.2. The number of aromatic amines is 1. The Morgan fingerprint density at radius 2 is 1.74 bits per heavy atom. The highest BCUT2D eigenvalue weighted by Gasteiger charge is 2.21. The monoisotopic (exact) mass is 362 g/mol. The number of aromatic nitrogens is 1. The van der Waals surface area contributed by atoms with Crippen LogP contribution in [0.25, 0.3) is 22.0 Å². The number of rotatable bonds is 4. The number of hydrogen-bond donors (Lipinski definition) is 1. The molecule has 0 spiro atoms. The summed E-state index contributed by atoms with van der Waals surface area (Å²) in [6.45, 7) is 3.82. The second-order valence-electron chi connectivity index (χ2n) is 7.40. The van der Waals surface area contributed by atoms with Crippen molar-refractivity contribution in [3.8, 4) is 11.1 Å². The molecule has 5 heteroatoms. The van der Waals surface area contributed by atoms with Crippen LogP contribution in [0.1, 0.15) is 0 Å². The lowest BCUT2D eigenvalue weighted by Crippen LogP contribution is -2.50. The lowest BCUT2D eigenvalue weighted by atomic mass is 10.0. The zero-order valence-electron chi connectivity index (χ0n) is 16.0. The first-order valence-electron chi connectivity index (χ1n) is 9.46. The molecule has 140 valence electrons. The second kappa shape index (κ2) is 7.45. The van der Waals surface area contributed by atoms with Gasteiger partial charge in [0.05, 0.1) is 6.54 Å². The summed E-state index contributed by atoms with van der Waals surface area (Å²) in [5, 5.41) is 1.25. The minimum absolute atomic E-state index is 0.217. The molecule has 1 amide bonds. The first kappa shape index (κ1) is 17.6. The summed E-state index contributed by atoms with van der Waals surface area (Å²) < 4.78 is 0. The van der Waals surface area contributed by atoms with E-state index >= 15 is 0 Å². The van der Waals surface area contributed by atoms with Gasteiger partial charge >= 0.3 is 0 Å². The smallest absolute Gasteiger partial charge is 0.236 e. The van der Waals surface area contributed by atoms with E-state index < -0.39 is 0 Å². The molecule has 0 bridgehead atoms. The Bertz CT molecular complexity index is 921. The van der Waals surface area contributed by atoms with Gasteiger partial charge in [-0.05, 0) is 49.5 Å². The standard InChI is InChI=1S/C22H26N4O/c1-24(2)16-22(27)26-14-12-25(13-15-26)18-8-6-17(7-9-18)19-4-3-5-21-20(19)10-11-23-21/h3-11,23H,12-16H2,1-2H3. The molecule has 5 nitrogen and oxygen atoms in total. The van der Waals surface area contributed by atoms with E-state index in [1.54, 1.807) is 0 Å². The highest BCUT2D eigenvalue weighted by molar-refractivity contribution is 5.95. The predicted octanol–water partition coefficient (Wildman–Crippen LogP) is 3.05. The molecule has 1 aliphatic heterocycles. The molecule has 3 aromatic rings. The minimum Gasteiger partial charge on any atom is -0.368 e. The maximum absolute atomic E-state index is 12.2. The molecule has 0 radical (unpaired) electrons. The average molecular weight is 362 g/mol. The summed E-state index contributed by atoms with van der Waals surface area (Å²) in [5.41, 5.74) is 4.86. The Morgan fingerprint density at radius 1 is 1.00 bits per heavy atom. The number of likely N-dealkylation sites (N-methyl/N-ethyl adjacent to an activating group) is 1. The van der Waals surface area contributed by atoms with Crippen LogP contribution in [-0.4, -0.2) is 67.5 Å². The minimum atomic E-state index is 0.217. The zero-order chi connectivity index (χ0) is 18.8. The van der Waals surface area contributed by atoms with Crippen molar-refractivity contribution in [2.24, 2.45) is 0 Å². The third-order valence-corrected chi connectivity index (χ3v) is 5.22. The molecule has 1 saturated heterocycles. The van der Waals surface area contributed by atoms with Crippen molar-refractivity contribution in [3.05, 3.63) is 54.7 Å². The van der Waals surface area contributed by atoms with E-state index in [1.165, 1.54) is 22.2 Å². The van der Waals surface area contributed by atoms with Crippen LogP contribution in [0, 0.1) is 0 Å². The molecule has 2 heterocycles. The fraction of sp³-hybridized carbons (Fsp3) is 0.318. The van der Waals surface area contributed by atoms with Gasteiger partial charge in [0, 0.05) is 49.0 Å². The fourth-order valence-electron chi connectivity index (χ4n) is 3.77. The number of H-pyrrole nitrogens is 1. The van der Waals surface area contributed by atoms with E-state index in [1.807, 2.05) is 30.1 Å². The summed E-state index contributed by atoms with van der Waals surface area (Å²) in [6, 6.07) is 17.3. The lowest BCUT2D eigenvalue weighted by Gasteiger charge is -2.36. The van der Waals surface area contributed by atoms with E-state index in [9.17, 15) is 4.79 Å². The van der Waals surface area contributed by atoms with Gasteiger partial charge in [-0.1, -0.05) is 24.3 Å². The first-order valence-corrected chi connectivity index (χ1v) is 9.46. The van der Waals surface area contributed by atoms with Gasteiger partial charge in [-0.15, -0.1) is 0 Å². The molecule has 0 saturated carbocycles. The van der Waals surface area contributed by atoms with Gasteiger partial charge in [-0.25, -0.2) is 0 Å². The van der Waals surface area contributed by atoms with Crippen molar-refractivity contribution < 1.29 is 4.79 Å². The van der Waals surface area contributed by atoms with Crippen molar-refractivity contribution in [1.82, 2.24) is 14.8 Å². The normalized spacial score (nSPS) is 14.9. The molecule has 1 aliphatic rings. The summed E-state index contributed by atoms with van der Waals surface area (Å²) >= 11 is 0. The Balaban J connectivity index is 1.45. The highest BCUT2D eigenvalue weighted by atomic mass is 16.2. The second-order valence-corrected chi connectivity index (χ2v) is 7.40. The van der Waals surface area contributed by atoms with Gasteiger partial charge in [-0.2, -0.15) is 0 Å². The van der Waals surface area contributed by atoms with Crippen molar-refractivity contribution in [2.45, 2.75) is 0 Å². The van der Waals surface area contributed by atoms with Crippen LogP contribution in [0.4, 0.5) is 5.69 Å². The van der Waals surface area contributed by atoms with E-state index in [-0.39, 0.29) is 5.91 Å². The molecular weight excluding hydrogens is 336 g/mol. The Morgan fingerprint density at radius 3 is 2.44 bits per heavy atom. The number of amides is 1. The van der Waals surface area contributed by atoms with E-state index in [0.717, 1.165) is 31.7 Å². The van der Waals surface area contributed by atoms with E-state index in [2.05, 4.69) is 58.4 Å². The Hall–Kier alpha value is -2.79. The molecule has 1 fully saturated rings. The Kier molecular flexibility index (Phi) is 4.86. The number of carbonyl (C=O) groups excluding carboxylic acids is 1. The topological polar surface area (TPSA) is 42.6 Å². The molecule has 0 unspecified atom stereocenters. The van der Waals surface area contributed by atoms with Crippen LogP contribution in [-0.2, 0) is 4.79 Å². The van der Waals surface area contributed by atoms with Crippen LogP contribution in [0.2, 0.25) is 0 Å². The molecule has 1 N–H and O–H groups in total. The van der Waals surface area contributed by atoms with Crippen molar-refractivity contribution >= 4 is 22.5 Å². The van der Waals surface area contributed by atoms with E-state index in [4.69, 9.17) is 0 Å². The van der Waals surface area contributed by atoms with Gasteiger partial charge in [0.1, 0.15) is 0 Å². The first-order chi connectivity index (χ1) is 13.1. The predicted molar refractivity (Wildman–Crippen MR) is 111 cm³/mol. The van der Waals surface area contributed by atoms with Crippen LogP contribution in [0.15, 0.2) is 54.7 Å². The molecule has 27 heavy (non-hydrogen) atoms. The summed E-state index contributed by atoms with van der Waals surface area (Å²) in [7, 11) is 3.87.